The second-order valence-electron chi connectivity index (χ2n) is 10.6. The molecule has 0 amide bonds. The first-order chi connectivity index (χ1) is 18.7. The summed E-state index contributed by atoms with van der Waals surface area (Å²) < 4.78 is 19.7. The lowest BCUT2D eigenvalue weighted by atomic mass is 9.84. The van der Waals surface area contributed by atoms with E-state index in [2.05, 4.69) is 4.98 Å². The van der Waals surface area contributed by atoms with Gasteiger partial charge in [0.2, 0.25) is 5.89 Å². The minimum Gasteiger partial charge on any atom is -0.496 e. The minimum absolute atomic E-state index is 0.124. The Morgan fingerprint density at radius 3 is 2.67 bits per heavy atom. The molecule has 0 bridgehead atoms. The summed E-state index contributed by atoms with van der Waals surface area (Å²) in [5.74, 6) is 0.0907. The second kappa shape index (κ2) is 11.0. The molecule has 3 heterocycles. The standard InChI is InChI=1S/C30H34N2O6S/c1-18-25(26-31-14-15-37-26)39-28-19(16-22(27(33)32(18)28)30(2,3)29(34)35)17-24(38-20-10-6-5-7-11-20)21-12-8-9-13-23(21)36-4/h8-9,12-16,20,24H,5-7,10-11,17H2,1-4H3,(H,34,35)/t24-/m0/s1. The van der Waals surface area contributed by atoms with Gasteiger partial charge in [0.1, 0.15) is 21.7 Å². The molecule has 0 spiro atoms. The number of pyridine rings is 1. The number of nitrogens with zero attached hydrogens (tertiary/aromatic N) is 2. The van der Waals surface area contributed by atoms with E-state index < -0.39 is 11.4 Å². The monoisotopic (exact) mass is 550 g/mol. The van der Waals surface area contributed by atoms with Crippen LogP contribution in [-0.2, 0) is 21.4 Å². The van der Waals surface area contributed by atoms with Crippen molar-refractivity contribution in [1.82, 2.24) is 9.38 Å². The third-order valence-electron chi connectivity index (χ3n) is 7.73. The van der Waals surface area contributed by atoms with E-state index in [0.717, 1.165) is 52.3 Å². The lowest BCUT2D eigenvalue weighted by Gasteiger charge is -2.29. The Hall–Kier alpha value is -3.43. The van der Waals surface area contributed by atoms with Crippen molar-refractivity contribution in [3.8, 4) is 16.5 Å². The van der Waals surface area contributed by atoms with Crippen molar-refractivity contribution in [2.75, 3.05) is 7.11 Å². The highest BCUT2D eigenvalue weighted by Crippen LogP contribution is 2.39. The number of carboxylic acid groups (broad SMARTS) is 1. The average Bonchev–Trinajstić information content (AvgIpc) is 3.58. The number of hydrogen-bond acceptors (Lipinski definition) is 7. The van der Waals surface area contributed by atoms with Crippen LogP contribution in [0, 0.1) is 6.92 Å². The summed E-state index contributed by atoms with van der Waals surface area (Å²) in [5, 5.41) is 10.0. The maximum atomic E-state index is 13.8. The number of rotatable bonds is 9. The molecule has 0 unspecified atom stereocenters. The van der Waals surface area contributed by atoms with E-state index in [4.69, 9.17) is 13.9 Å². The first-order valence-corrected chi connectivity index (χ1v) is 14.1. The highest BCUT2D eigenvalue weighted by atomic mass is 32.1. The number of para-hydroxylation sites is 1. The summed E-state index contributed by atoms with van der Waals surface area (Å²) in [4.78, 5) is 31.8. The molecule has 9 heteroatoms. The van der Waals surface area contributed by atoms with Gasteiger partial charge in [0.05, 0.1) is 30.9 Å². The van der Waals surface area contributed by atoms with Crippen LogP contribution in [0.25, 0.3) is 15.6 Å². The van der Waals surface area contributed by atoms with Gasteiger partial charge in [-0.2, -0.15) is 0 Å². The number of carbonyl (C=O) groups is 1. The lowest BCUT2D eigenvalue weighted by Crippen LogP contribution is -2.36. The molecule has 39 heavy (non-hydrogen) atoms. The number of ether oxygens (including phenoxy) is 2. The fourth-order valence-corrected chi connectivity index (χ4v) is 6.59. The van der Waals surface area contributed by atoms with Gasteiger partial charge in [0.15, 0.2) is 0 Å². The Labute approximate surface area is 231 Å². The number of aryl methyl sites for hydroxylation is 1. The molecular formula is C30H34N2O6S. The predicted molar refractivity (Wildman–Crippen MR) is 150 cm³/mol. The Balaban J connectivity index is 1.70. The van der Waals surface area contributed by atoms with Gasteiger partial charge in [-0.05, 0) is 51.3 Å². The SMILES string of the molecule is COc1ccccc1[C@H](Cc1cc(C(C)(C)C(=O)O)c(=O)n2c(C)c(-c3ncco3)sc12)OC1CCCCC1. The minimum atomic E-state index is -1.39. The molecule has 1 atom stereocenters. The highest BCUT2D eigenvalue weighted by molar-refractivity contribution is 7.21. The van der Waals surface area contributed by atoms with E-state index in [-0.39, 0.29) is 23.3 Å². The summed E-state index contributed by atoms with van der Waals surface area (Å²) in [5.41, 5.74) is 0.892. The number of benzene rings is 1. The van der Waals surface area contributed by atoms with Crippen LogP contribution in [0.4, 0.5) is 0 Å². The fraction of sp³-hybridized carbons (Fsp3) is 0.433. The zero-order valence-corrected chi connectivity index (χ0v) is 23.5. The average molecular weight is 551 g/mol. The van der Waals surface area contributed by atoms with Crippen LogP contribution in [0.15, 0.2) is 52.0 Å². The number of thiazole rings is 1. The smallest absolute Gasteiger partial charge is 0.313 e. The van der Waals surface area contributed by atoms with Crippen LogP contribution in [0.5, 0.6) is 5.75 Å². The zero-order valence-electron chi connectivity index (χ0n) is 22.7. The molecule has 5 rings (SSSR count). The molecule has 1 aromatic carbocycles. The van der Waals surface area contributed by atoms with Crippen molar-refractivity contribution in [3.05, 3.63) is 75.5 Å². The molecule has 0 aliphatic heterocycles. The van der Waals surface area contributed by atoms with Crippen molar-refractivity contribution in [1.29, 1.82) is 0 Å². The van der Waals surface area contributed by atoms with Crippen molar-refractivity contribution in [2.24, 2.45) is 0 Å². The molecule has 1 aliphatic rings. The first kappa shape index (κ1) is 27.1. The maximum Gasteiger partial charge on any atom is 0.313 e. The Kier molecular flexibility index (Phi) is 7.64. The van der Waals surface area contributed by atoms with Crippen molar-refractivity contribution >= 4 is 22.1 Å². The second-order valence-corrected chi connectivity index (χ2v) is 11.6. The van der Waals surface area contributed by atoms with E-state index in [9.17, 15) is 14.7 Å². The van der Waals surface area contributed by atoms with Crippen molar-refractivity contribution in [3.63, 3.8) is 0 Å². The fourth-order valence-electron chi connectivity index (χ4n) is 5.38. The van der Waals surface area contributed by atoms with Crippen LogP contribution >= 0.6 is 11.3 Å². The normalized spacial score (nSPS) is 15.5. The van der Waals surface area contributed by atoms with Gasteiger partial charge in [-0.15, -0.1) is 11.3 Å². The largest absolute Gasteiger partial charge is 0.496 e. The molecule has 1 saturated carbocycles. The Morgan fingerprint density at radius 1 is 1.26 bits per heavy atom. The number of aliphatic carboxylic acids is 1. The van der Waals surface area contributed by atoms with Crippen LogP contribution in [0.3, 0.4) is 0 Å². The quantitative estimate of drug-likeness (QED) is 0.260. The van der Waals surface area contributed by atoms with Crippen LogP contribution in [0.1, 0.15) is 74.4 Å². The van der Waals surface area contributed by atoms with Crippen molar-refractivity contribution < 1.29 is 23.8 Å². The van der Waals surface area contributed by atoms with Gasteiger partial charge in [-0.1, -0.05) is 37.5 Å². The van der Waals surface area contributed by atoms with Crippen LogP contribution in [0.2, 0.25) is 0 Å². The first-order valence-electron chi connectivity index (χ1n) is 13.3. The molecule has 0 radical (unpaired) electrons. The molecule has 8 nitrogen and oxygen atoms in total. The van der Waals surface area contributed by atoms with Gasteiger partial charge in [-0.25, -0.2) is 4.98 Å². The van der Waals surface area contributed by atoms with Gasteiger partial charge < -0.3 is 19.0 Å². The summed E-state index contributed by atoms with van der Waals surface area (Å²) in [7, 11) is 1.65. The zero-order chi connectivity index (χ0) is 27.7. The van der Waals surface area contributed by atoms with E-state index in [0.29, 0.717) is 18.0 Å². The summed E-state index contributed by atoms with van der Waals surface area (Å²) in [6.07, 6.45) is 8.76. The van der Waals surface area contributed by atoms with Crippen LogP contribution in [-0.4, -0.2) is 33.7 Å². The number of oxazole rings is 1. The third kappa shape index (κ3) is 5.13. The summed E-state index contributed by atoms with van der Waals surface area (Å²) in [6, 6.07) is 9.59. The van der Waals surface area contributed by atoms with Gasteiger partial charge >= 0.3 is 5.97 Å². The van der Waals surface area contributed by atoms with Gasteiger partial charge in [0.25, 0.3) is 5.56 Å². The van der Waals surface area contributed by atoms with Gasteiger partial charge in [-0.3, -0.25) is 14.0 Å². The summed E-state index contributed by atoms with van der Waals surface area (Å²) in [6.45, 7) is 4.96. The number of hydrogen-bond donors (Lipinski definition) is 1. The highest BCUT2D eigenvalue weighted by Gasteiger charge is 2.35. The molecule has 3 aromatic heterocycles. The number of methoxy groups -OCH3 is 1. The van der Waals surface area contributed by atoms with E-state index in [1.165, 1.54) is 24.0 Å². The third-order valence-corrected chi connectivity index (χ3v) is 9.04. The van der Waals surface area contributed by atoms with E-state index >= 15 is 0 Å². The van der Waals surface area contributed by atoms with Crippen molar-refractivity contribution in [2.45, 2.75) is 76.9 Å². The molecule has 206 valence electrons. The number of fused-ring (bicyclic) bond motifs is 1. The summed E-state index contributed by atoms with van der Waals surface area (Å²) >= 11 is 1.42. The molecule has 1 aliphatic carbocycles. The van der Waals surface area contributed by atoms with Gasteiger partial charge in [0, 0.05) is 23.2 Å². The predicted octanol–water partition coefficient (Wildman–Crippen LogP) is 6.33. The molecule has 4 aromatic rings. The lowest BCUT2D eigenvalue weighted by molar-refractivity contribution is -0.142. The number of carboxylic acids is 1. The van der Waals surface area contributed by atoms with E-state index in [1.54, 1.807) is 37.6 Å². The Morgan fingerprint density at radius 2 is 2.00 bits per heavy atom. The Bertz CT molecular complexity index is 1530. The molecule has 1 fully saturated rings. The topological polar surface area (TPSA) is 103 Å². The molecule has 0 saturated heterocycles. The van der Waals surface area contributed by atoms with E-state index in [1.807, 2.05) is 31.2 Å². The maximum absolute atomic E-state index is 13.8. The molecule has 1 N–H and O–H groups in total. The number of aromatic nitrogens is 2. The van der Waals surface area contributed by atoms with Crippen LogP contribution < -0.4 is 10.3 Å². The molecular weight excluding hydrogens is 516 g/mol.